The van der Waals surface area contributed by atoms with Gasteiger partial charge in [0.2, 0.25) is 5.95 Å². The van der Waals surface area contributed by atoms with E-state index in [2.05, 4.69) is 58.4 Å². The van der Waals surface area contributed by atoms with Crippen molar-refractivity contribution in [2.45, 2.75) is 76.3 Å². The van der Waals surface area contributed by atoms with E-state index in [0.717, 1.165) is 16.7 Å². The van der Waals surface area contributed by atoms with Crippen LogP contribution in [0.15, 0.2) is 95.0 Å². The molecule has 16 nitrogen and oxygen atoms in total. The Hall–Kier alpha value is -5.24. The van der Waals surface area contributed by atoms with Crippen LogP contribution >= 0.6 is 8.53 Å². The first-order valence-corrected chi connectivity index (χ1v) is 21.2. The normalized spacial score (nSPS) is 18.7. The molecule has 1 fully saturated rings. The zero-order valence-electron chi connectivity index (χ0n) is 36.1. The molecule has 3 aromatic carbocycles. The Morgan fingerprint density at radius 1 is 0.934 bits per heavy atom. The summed E-state index contributed by atoms with van der Waals surface area (Å²) in [5.41, 5.74) is 1.25. The summed E-state index contributed by atoms with van der Waals surface area (Å²) in [6.45, 7) is 8.44. The molecule has 1 aliphatic heterocycles. The predicted molar refractivity (Wildman–Crippen MR) is 233 cm³/mol. The van der Waals surface area contributed by atoms with E-state index in [0.29, 0.717) is 11.5 Å². The number of hydrogen-bond acceptors (Lipinski definition) is 13. The van der Waals surface area contributed by atoms with Crippen molar-refractivity contribution in [3.05, 3.63) is 112 Å². The molecule has 0 amide bonds. The minimum Gasteiger partial charge on any atom is -0.497 e. The van der Waals surface area contributed by atoms with Crippen molar-refractivity contribution in [1.29, 1.82) is 5.26 Å². The number of ether oxygens (including phenoxy) is 5. The van der Waals surface area contributed by atoms with E-state index in [9.17, 15) is 10.1 Å². The van der Waals surface area contributed by atoms with Gasteiger partial charge in [-0.05, 0) is 68.7 Å². The molecule has 324 valence electrons. The second kappa shape index (κ2) is 20.5. The lowest BCUT2D eigenvalue weighted by atomic mass is 9.80. The molecule has 17 heteroatoms. The van der Waals surface area contributed by atoms with Crippen molar-refractivity contribution in [2.75, 3.05) is 48.6 Å². The van der Waals surface area contributed by atoms with Crippen molar-refractivity contribution in [3.8, 4) is 17.6 Å². The maximum absolute atomic E-state index is 13.3. The van der Waals surface area contributed by atoms with Crippen molar-refractivity contribution >= 4 is 32.0 Å². The second-order valence-electron chi connectivity index (χ2n) is 15.1. The average Bonchev–Trinajstić information content (AvgIpc) is 3.84. The number of imidazole rings is 1. The van der Waals surface area contributed by atoms with E-state index in [1.54, 1.807) is 37.1 Å². The molecule has 1 unspecified atom stereocenters. The van der Waals surface area contributed by atoms with E-state index < -0.39 is 44.2 Å². The topological polar surface area (TPSA) is 171 Å². The minimum atomic E-state index is -1.78. The van der Waals surface area contributed by atoms with Crippen LogP contribution in [-0.2, 0) is 28.9 Å². The molecule has 5 atom stereocenters. The molecule has 61 heavy (non-hydrogen) atoms. The summed E-state index contributed by atoms with van der Waals surface area (Å²) in [5, 5.41) is 9.46. The highest BCUT2D eigenvalue weighted by molar-refractivity contribution is 7.44. The first-order chi connectivity index (χ1) is 29.4. The first-order valence-electron chi connectivity index (χ1n) is 20.0. The number of benzene rings is 3. The van der Waals surface area contributed by atoms with Gasteiger partial charge >= 0.3 is 0 Å². The van der Waals surface area contributed by atoms with Gasteiger partial charge in [-0.25, -0.2) is 14.6 Å². The highest BCUT2D eigenvalue weighted by Crippen LogP contribution is 2.51. The molecule has 1 saturated heterocycles. The Balaban J connectivity index is 1.50. The monoisotopic (exact) mass is 854 g/mol. The van der Waals surface area contributed by atoms with E-state index in [4.69, 9.17) is 32.7 Å². The Bertz CT molecular complexity index is 2240. The van der Waals surface area contributed by atoms with Crippen molar-refractivity contribution in [3.63, 3.8) is 0 Å². The van der Waals surface area contributed by atoms with Gasteiger partial charge in [0.05, 0.1) is 52.6 Å². The molecule has 1 N–H and O–H groups in total. The largest absolute Gasteiger partial charge is 0.497 e. The third-order valence-corrected chi connectivity index (χ3v) is 12.3. The fraction of sp³-hybridized carbons (Fsp3) is 0.432. The van der Waals surface area contributed by atoms with Gasteiger partial charge in [-0.15, -0.1) is 0 Å². The lowest BCUT2D eigenvalue weighted by Gasteiger charge is -2.39. The fourth-order valence-corrected chi connectivity index (χ4v) is 9.22. The summed E-state index contributed by atoms with van der Waals surface area (Å²) in [6, 6.07) is 27.8. The molecule has 0 spiro atoms. The van der Waals surface area contributed by atoms with Crippen LogP contribution < -0.4 is 15.0 Å². The molecule has 6 rings (SSSR count). The van der Waals surface area contributed by atoms with Crippen LogP contribution in [0.1, 0.15) is 57.0 Å². The number of nitriles is 1. The smallest absolute Gasteiger partial charge is 0.280 e. The standard InChI is InChI=1S/C44H55N8O8P/c1-29(2)52(30(3)4)61(58-25-13-24-45)60-38-36(59-42(39(38)56-9)51-28-46-37-40(51)48-43(49-41(37)53)47-27-50(5)6)26-57-44(31-14-11-10-12-15-31,32-16-20-34(54-7)21-17-32)33-18-22-35(55-8)23-19-33/h10-12,14-23,27-30,36,38-39,42H,13,25-26H2,1-9H3,(H,48,49,53)/t36-,38+,39+,42-,61?/m1/s1. The van der Waals surface area contributed by atoms with Crippen LogP contribution in [0.25, 0.3) is 11.2 Å². The van der Waals surface area contributed by atoms with Gasteiger partial charge in [-0.2, -0.15) is 10.2 Å². The van der Waals surface area contributed by atoms with Crippen LogP contribution in [-0.4, -0.2) is 114 Å². The summed E-state index contributed by atoms with van der Waals surface area (Å²) in [4.78, 5) is 31.2. The van der Waals surface area contributed by atoms with E-state index in [-0.39, 0.29) is 48.8 Å². The zero-order valence-corrected chi connectivity index (χ0v) is 37.0. The quantitative estimate of drug-likeness (QED) is 0.0281. The van der Waals surface area contributed by atoms with Crippen LogP contribution in [0.3, 0.4) is 0 Å². The number of nitrogens with zero attached hydrogens (tertiary/aromatic N) is 7. The predicted octanol–water partition coefficient (Wildman–Crippen LogP) is 6.94. The van der Waals surface area contributed by atoms with Gasteiger partial charge in [0, 0.05) is 33.3 Å². The lowest BCUT2D eigenvalue weighted by Crippen LogP contribution is -2.42. The van der Waals surface area contributed by atoms with Crippen LogP contribution in [0.5, 0.6) is 11.5 Å². The minimum absolute atomic E-state index is 0.0161. The van der Waals surface area contributed by atoms with Gasteiger partial charge in [0.15, 0.2) is 17.4 Å². The van der Waals surface area contributed by atoms with Crippen molar-refractivity contribution < 1.29 is 32.7 Å². The average molecular weight is 855 g/mol. The Morgan fingerprint density at radius 2 is 1.54 bits per heavy atom. The maximum atomic E-state index is 13.3. The van der Waals surface area contributed by atoms with Gasteiger partial charge in [0.1, 0.15) is 35.4 Å². The van der Waals surface area contributed by atoms with Gasteiger partial charge in [-0.3, -0.25) is 14.3 Å². The molecule has 0 radical (unpaired) electrons. The number of aliphatic imine (C=N–C) groups is 1. The number of aromatic nitrogens is 4. The SMILES string of the molecule is COc1ccc(C(OC[C@H]2O[C@@H](n3cnc4c(=O)[nH]c(N=CN(C)C)nc43)[C@@H](OC)[C@H]2OP(OCCC#N)N(C(C)C)C(C)C)(c2ccccc2)c2ccc(OC)cc2)cc1. The summed E-state index contributed by atoms with van der Waals surface area (Å²) in [6.07, 6.45) is -0.0727. The van der Waals surface area contributed by atoms with E-state index in [1.807, 2.05) is 93.0 Å². The van der Waals surface area contributed by atoms with Crippen LogP contribution in [0.4, 0.5) is 5.95 Å². The molecular formula is C44H55N8O8P. The Morgan fingerprint density at radius 3 is 2.08 bits per heavy atom. The number of fused-ring (bicyclic) bond motifs is 1. The molecular weight excluding hydrogens is 800 g/mol. The number of methoxy groups -OCH3 is 3. The zero-order chi connectivity index (χ0) is 43.7. The lowest BCUT2D eigenvalue weighted by molar-refractivity contribution is -0.0938. The van der Waals surface area contributed by atoms with Crippen LogP contribution in [0.2, 0.25) is 0 Å². The highest BCUT2D eigenvalue weighted by atomic mass is 31.2. The molecule has 1 aliphatic rings. The Labute approximate surface area is 358 Å². The number of hydrogen-bond donors (Lipinski definition) is 1. The van der Waals surface area contributed by atoms with Crippen molar-refractivity contribution in [1.82, 2.24) is 29.1 Å². The summed E-state index contributed by atoms with van der Waals surface area (Å²) < 4.78 is 49.1. The van der Waals surface area contributed by atoms with E-state index >= 15 is 0 Å². The molecule has 2 aromatic heterocycles. The highest BCUT2D eigenvalue weighted by Gasteiger charge is 2.51. The summed E-state index contributed by atoms with van der Waals surface area (Å²) in [5.74, 6) is 1.48. The second-order valence-corrected chi connectivity index (χ2v) is 16.5. The molecule has 3 heterocycles. The van der Waals surface area contributed by atoms with E-state index in [1.165, 1.54) is 6.33 Å². The van der Waals surface area contributed by atoms with Crippen LogP contribution in [0, 0.1) is 11.3 Å². The molecule has 5 aromatic rings. The fourth-order valence-electron chi connectivity index (χ4n) is 7.46. The number of nitrogens with one attached hydrogen (secondary N) is 1. The van der Waals surface area contributed by atoms with Gasteiger partial charge < -0.3 is 37.6 Å². The summed E-state index contributed by atoms with van der Waals surface area (Å²) >= 11 is 0. The molecule has 0 bridgehead atoms. The third kappa shape index (κ3) is 9.95. The molecule has 0 saturated carbocycles. The third-order valence-electron chi connectivity index (χ3n) is 10.2. The first kappa shape index (κ1) is 45.3. The summed E-state index contributed by atoms with van der Waals surface area (Å²) in [7, 11) is 6.69. The molecule has 0 aliphatic carbocycles. The number of H-pyrrole nitrogens is 1. The van der Waals surface area contributed by atoms with Gasteiger partial charge in [-0.1, -0.05) is 54.6 Å². The van der Waals surface area contributed by atoms with Crippen molar-refractivity contribution in [2.24, 2.45) is 4.99 Å². The maximum Gasteiger partial charge on any atom is 0.280 e. The Kier molecular flexibility index (Phi) is 15.3. The number of rotatable bonds is 20. The number of aromatic amines is 1. The van der Waals surface area contributed by atoms with Gasteiger partial charge in [0.25, 0.3) is 14.1 Å².